The fourth-order valence-corrected chi connectivity index (χ4v) is 2.19. The number of benzene rings is 1. The van der Waals surface area contributed by atoms with Crippen LogP contribution in [0.5, 0.6) is 5.88 Å². The molecular weight excluding hydrogens is 310 g/mol. The van der Waals surface area contributed by atoms with Crippen LogP contribution in [0.3, 0.4) is 0 Å². The molecule has 5 nitrogen and oxygen atoms in total. The van der Waals surface area contributed by atoms with E-state index in [1.54, 1.807) is 18.2 Å². The molecule has 2 aromatic rings. The van der Waals surface area contributed by atoms with Crippen molar-refractivity contribution < 1.29 is 8.95 Å². The second-order valence-corrected chi connectivity index (χ2v) is 7.72. The molecule has 0 saturated carbocycles. The van der Waals surface area contributed by atoms with Crippen LogP contribution in [0.2, 0.25) is 5.02 Å². The van der Waals surface area contributed by atoms with Crippen LogP contribution in [0.25, 0.3) is 11.0 Å². The van der Waals surface area contributed by atoms with E-state index in [0.717, 1.165) is 0 Å². The molecular formula is C14H16ClN3O2S. The molecule has 21 heavy (non-hydrogen) atoms. The molecule has 2 rings (SSSR count). The van der Waals surface area contributed by atoms with E-state index < -0.39 is 15.7 Å². The third-order valence-corrected chi connectivity index (χ3v) is 4.19. The van der Waals surface area contributed by atoms with Crippen LogP contribution in [0.1, 0.15) is 26.5 Å². The Morgan fingerprint density at radius 1 is 1.29 bits per heavy atom. The summed E-state index contributed by atoms with van der Waals surface area (Å²) in [6.07, 6.45) is 1.42. The Balaban J connectivity index is 2.47. The highest BCUT2D eigenvalue weighted by Crippen LogP contribution is 2.21. The summed E-state index contributed by atoms with van der Waals surface area (Å²) in [6.45, 7) is 5.55. The van der Waals surface area contributed by atoms with Crippen molar-refractivity contribution in [3.05, 3.63) is 28.9 Å². The summed E-state index contributed by atoms with van der Waals surface area (Å²) in [5.74, 6) is 0.333. The fourth-order valence-electron chi connectivity index (χ4n) is 1.52. The van der Waals surface area contributed by atoms with E-state index in [4.69, 9.17) is 16.3 Å². The molecule has 7 heteroatoms. The first-order valence-corrected chi connectivity index (χ1v) is 7.77. The minimum Gasteiger partial charge on any atom is -0.479 e. The van der Waals surface area contributed by atoms with E-state index in [9.17, 15) is 4.21 Å². The predicted octanol–water partition coefficient (Wildman–Crippen LogP) is 3.17. The Morgan fingerprint density at radius 3 is 2.62 bits per heavy atom. The lowest BCUT2D eigenvalue weighted by molar-refractivity contribution is 0.397. The van der Waals surface area contributed by atoms with Crippen molar-refractivity contribution in [1.82, 2.24) is 9.97 Å². The summed E-state index contributed by atoms with van der Waals surface area (Å²) in [7, 11) is 0.138. The zero-order valence-corrected chi connectivity index (χ0v) is 13.8. The maximum atomic E-state index is 12.0. The average molecular weight is 326 g/mol. The first-order valence-electron chi connectivity index (χ1n) is 6.28. The lowest BCUT2D eigenvalue weighted by Gasteiger charge is -2.12. The summed E-state index contributed by atoms with van der Waals surface area (Å²) in [6, 6.07) is 5.21. The van der Waals surface area contributed by atoms with Crippen molar-refractivity contribution in [2.45, 2.75) is 25.5 Å². The van der Waals surface area contributed by atoms with E-state index in [1.165, 1.54) is 13.3 Å². The number of hydrogen-bond acceptors (Lipinski definition) is 4. The standard InChI is InChI=1S/C14H16ClN3O2S/c1-14(2,3)21(19)16-8-12-13(20-4)18-10-6-5-9(15)7-11(10)17-12/h5-8H,1-4H3/t21-/m0/s1. The van der Waals surface area contributed by atoms with Gasteiger partial charge in [0.15, 0.2) is 0 Å². The normalized spacial score (nSPS) is 13.8. The zero-order valence-electron chi connectivity index (χ0n) is 12.3. The van der Waals surface area contributed by atoms with Crippen molar-refractivity contribution in [2.75, 3.05) is 7.11 Å². The number of aromatic nitrogens is 2. The molecule has 1 aromatic heterocycles. The molecule has 0 aliphatic heterocycles. The zero-order chi connectivity index (χ0) is 15.6. The van der Waals surface area contributed by atoms with Gasteiger partial charge in [-0.2, -0.15) is 4.40 Å². The van der Waals surface area contributed by atoms with Crippen LogP contribution in [-0.2, 0) is 11.0 Å². The number of nitrogens with zero attached hydrogens (tertiary/aromatic N) is 3. The highest BCUT2D eigenvalue weighted by atomic mass is 35.5. The molecule has 0 unspecified atom stereocenters. The van der Waals surface area contributed by atoms with E-state index in [1.807, 2.05) is 20.8 Å². The van der Waals surface area contributed by atoms with E-state index in [0.29, 0.717) is 27.6 Å². The van der Waals surface area contributed by atoms with Gasteiger partial charge in [-0.3, -0.25) is 0 Å². The van der Waals surface area contributed by atoms with Crippen LogP contribution in [0, 0.1) is 0 Å². The smallest absolute Gasteiger partial charge is 0.241 e. The highest BCUT2D eigenvalue weighted by Gasteiger charge is 2.18. The summed E-state index contributed by atoms with van der Waals surface area (Å²) in [5, 5.41) is 0.572. The number of fused-ring (bicyclic) bond motifs is 1. The lowest BCUT2D eigenvalue weighted by Crippen LogP contribution is -2.19. The van der Waals surface area contributed by atoms with Crippen molar-refractivity contribution >= 4 is 39.8 Å². The van der Waals surface area contributed by atoms with Gasteiger partial charge in [-0.15, -0.1) is 0 Å². The van der Waals surface area contributed by atoms with Gasteiger partial charge in [0.2, 0.25) is 5.88 Å². The molecule has 0 amide bonds. The first-order chi connectivity index (χ1) is 9.81. The Morgan fingerprint density at radius 2 is 2.00 bits per heavy atom. The van der Waals surface area contributed by atoms with Crippen LogP contribution in [-0.4, -0.2) is 32.2 Å². The lowest BCUT2D eigenvalue weighted by atomic mass is 10.3. The van der Waals surface area contributed by atoms with Gasteiger partial charge in [0, 0.05) is 5.02 Å². The van der Waals surface area contributed by atoms with Crippen LogP contribution in [0.15, 0.2) is 22.6 Å². The van der Waals surface area contributed by atoms with Gasteiger partial charge in [0.1, 0.15) is 16.7 Å². The van der Waals surface area contributed by atoms with Crippen molar-refractivity contribution in [3.63, 3.8) is 0 Å². The Bertz CT molecular complexity index is 726. The van der Waals surface area contributed by atoms with Gasteiger partial charge in [0.25, 0.3) is 0 Å². The third-order valence-electron chi connectivity index (χ3n) is 2.61. The van der Waals surface area contributed by atoms with Gasteiger partial charge in [-0.05, 0) is 39.0 Å². The number of halogens is 1. The molecule has 1 atom stereocenters. The number of hydrogen-bond donors (Lipinski definition) is 0. The third kappa shape index (κ3) is 3.77. The SMILES string of the molecule is COc1nc2ccc(Cl)cc2nc1C=N[S@@](=O)C(C)(C)C. The van der Waals surface area contributed by atoms with E-state index in [-0.39, 0.29) is 0 Å². The quantitative estimate of drug-likeness (QED) is 0.813. The minimum absolute atomic E-state index is 0.333. The molecule has 0 bridgehead atoms. The van der Waals surface area contributed by atoms with Crippen molar-refractivity contribution in [2.24, 2.45) is 4.40 Å². The molecule has 0 radical (unpaired) electrons. The average Bonchev–Trinajstić information content (AvgIpc) is 2.42. The van der Waals surface area contributed by atoms with Gasteiger partial charge >= 0.3 is 0 Å². The van der Waals surface area contributed by atoms with E-state index in [2.05, 4.69) is 14.4 Å². The number of methoxy groups -OCH3 is 1. The molecule has 0 N–H and O–H groups in total. The maximum absolute atomic E-state index is 12.0. The molecule has 0 aliphatic rings. The molecule has 1 aromatic carbocycles. The molecule has 0 spiro atoms. The van der Waals surface area contributed by atoms with Crippen molar-refractivity contribution in [1.29, 1.82) is 0 Å². The Labute approximate surface area is 131 Å². The van der Waals surface area contributed by atoms with E-state index >= 15 is 0 Å². The molecule has 112 valence electrons. The Hall–Kier alpha value is -1.53. The van der Waals surface area contributed by atoms with Gasteiger partial charge < -0.3 is 4.74 Å². The predicted molar refractivity (Wildman–Crippen MR) is 86.6 cm³/mol. The monoisotopic (exact) mass is 325 g/mol. The Kier molecular flexibility index (Phi) is 4.58. The number of ether oxygens (including phenoxy) is 1. The second-order valence-electron chi connectivity index (χ2n) is 5.35. The first kappa shape index (κ1) is 15.9. The summed E-state index contributed by atoms with van der Waals surface area (Å²) >= 11 is 5.95. The summed E-state index contributed by atoms with van der Waals surface area (Å²) in [4.78, 5) is 8.75. The van der Waals surface area contributed by atoms with Crippen molar-refractivity contribution in [3.8, 4) is 5.88 Å². The van der Waals surface area contributed by atoms with Gasteiger partial charge in [-0.25, -0.2) is 14.2 Å². The van der Waals surface area contributed by atoms with Gasteiger partial charge in [0.05, 0.1) is 29.1 Å². The van der Waals surface area contributed by atoms with Crippen LogP contribution in [0.4, 0.5) is 0 Å². The molecule has 1 heterocycles. The fraction of sp³-hybridized carbons (Fsp3) is 0.357. The maximum Gasteiger partial charge on any atom is 0.241 e. The minimum atomic E-state index is -1.37. The molecule has 0 saturated heterocycles. The topological polar surface area (TPSA) is 64.4 Å². The van der Waals surface area contributed by atoms with Gasteiger partial charge in [-0.1, -0.05) is 11.6 Å². The molecule has 0 aliphatic carbocycles. The highest BCUT2D eigenvalue weighted by molar-refractivity contribution is 7.85. The largest absolute Gasteiger partial charge is 0.479 e. The summed E-state index contributed by atoms with van der Waals surface area (Å²) < 4.78 is 20.8. The summed E-state index contributed by atoms with van der Waals surface area (Å²) in [5.41, 5.74) is 1.72. The molecule has 0 fully saturated rings. The van der Waals surface area contributed by atoms with Crippen LogP contribution < -0.4 is 4.74 Å². The second kappa shape index (κ2) is 6.07. The van der Waals surface area contributed by atoms with Crippen LogP contribution >= 0.6 is 11.6 Å². The number of rotatable bonds is 3.